The van der Waals surface area contributed by atoms with Gasteiger partial charge in [0.1, 0.15) is 12.7 Å². The molecule has 1 radical (unpaired) electrons. The van der Waals surface area contributed by atoms with Crippen molar-refractivity contribution < 1.29 is 8.78 Å². The Morgan fingerprint density at radius 3 is 2.54 bits per heavy atom. The van der Waals surface area contributed by atoms with Crippen molar-refractivity contribution >= 4 is 0 Å². The first-order valence-electron chi connectivity index (χ1n) is 4.43. The van der Waals surface area contributed by atoms with Crippen LogP contribution in [-0.2, 0) is 19.4 Å². The van der Waals surface area contributed by atoms with Gasteiger partial charge < -0.3 is 0 Å². The van der Waals surface area contributed by atoms with Gasteiger partial charge in [0, 0.05) is 11.3 Å². The van der Waals surface area contributed by atoms with E-state index in [4.69, 9.17) is 0 Å². The van der Waals surface area contributed by atoms with Crippen LogP contribution in [-0.4, -0.2) is 16.2 Å². The molecule has 0 saturated carbocycles. The third-order valence-electron chi connectivity index (χ3n) is 1.96. The SMILES string of the molecule is CCc1[c]nn(CC(F)F)c1CC. The lowest BCUT2D eigenvalue weighted by Crippen LogP contribution is -2.11. The molecule has 2 nitrogen and oxygen atoms in total. The molecule has 0 unspecified atom stereocenters. The molecule has 1 heterocycles. The van der Waals surface area contributed by atoms with Crippen molar-refractivity contribution in [2.24, 2.45) is 0 Å². The summed E-state index contributed by atoms with van der Waals surface area (Å²) in [7, 11) is 0. The summed E-state index contributed by atoms with van der Waals surface area (Å²) in [6.45, 7) is 3.59. The van der Waals surface area contributed by atoms with Gasteiger partial charge in [0.15, 0.2) is 0 Å². The molecule has 0 aliphatic rings. The van der Waals surface area contributed by atoms with Crippen molar-refractivity contribution in [2.75, 3.05) is 0 Å². The van der Waals surface area contributed by atoms with E-state index >= 15 is 0 Å². The second-order valence-electron chi connectivity index (χ2n) is 2.82. The molecule has 0 N–H and O–H groups in total. The molecule has 0 saturated heterocycles. The molecule has 1 aromatic rings. The van der Waals surface area contributed by atoms with E-state index in [1.54, 1.807) is 0 Å². The lowest BCUT2D eigenvalue weighted by atomic mass is 10.1. The number of alkyl halides is 2. The first-order chi connectivity index (χ1) is 6.19. The first kappa shape index (κ1) is 10.2. The highest BCUT2D eigenvalue weighted by atomic mass is 19.3. The summed E-state index contributed by atoms with van der Waals surface area (Å²) in [6, 6.07) is 0. The Bertz CT molecular complexity index is 269. The Morgan fingerprint density at radius 2 is 2.08 bits per heavy atom. The van der Waals surface area contributed by atoms with E-state index in [0.717, 1.165) is 24.1 Å². The van der Waals surface area contributed by atoms with Gasteiger partial charge in [0.25, 0.3) is 6.43 Å². The highest BCUT2D eigenvalue weighted by Gasteiger charge is 2.11. The van der Waals surface area contributed by atoms with E-state index in [9.17, 15) is 8.78 Å². The standard InChI is InChI=1S/C9H13F2N2/c1-3-7-5-12-13(6-9(10)11)8(7)4-2/h9H,3-4,6H2,1-2H3. The van der Waals surface area contributed by atoms with Gasteiger partial charge in [-0.1, -0.05) is 13.8 Å². The van der Waals surface area contributed by atoms with Gasteiger partial charge in [0.2, 0.25) is 0 Å². The van der Waals surface area contributed by atoms with Crippen LogP contribution in [0, 0.1) is 6.20 Å². The minimum Gasteiger partial charge on any atom is -0.263 e. The number of halogens is 2. The van der Waals surface area contributed by atoms with Gasteiger partial charge >= 0.3 is 0 Å². The molecule has 0 bridgehead atoms. The molecular weight excluding hydrogens is 174 g/mol. The number of aryl methyl sites for hydroxylation is 1. The number of aromatic nitrogens is 2. The monoisotopic (exact) mass is 187 g/mol. The third kappa shape index (κ3) is 2.26. The fourth-order valence-electron chi connectivity index (χ4n) is 1.36. The number of hydrogen-bond acceptors (Lipinski definition) is 1. The topological polar surface area (TPSA) is 17.8 Å². The van der Waals surface area contributed by atoms with Gasteiger partial charge in [-0.05, 0) is 12.8 Å². The summed E-state index contributed by atoms with van der Waals surface area (Å²) in [5.74, 6) is 0. The summed E-state index contributed by atoms with van der Waals surface area (Å²) in [4.78, 5) is 0. The maximum absolute atomic E-state index is 12.1. The molecule has 1 rings (SSSR count). The first-order valence-corrected chi connectivity index (χ1v) is 4.43. The normalized spacial score (nSPS) is 11.2. The minimum atomic E-state index is -2.34. The zero-order valence-corrected chi connectivity index (χ0v) is 7.85. The maximum atomic E-state index is 12.1. The van der Waals surface area contributed by atoms with E-state index in [1.165, 1.54) is 4.68 Å². The maximum Gasteiger partial charge on any atom is 0.257 e. The van der Waals surface area contributed by atoms with Crippen LogP contribution in [0.15, 0.2) is 0 Å². The Morgan fingerprint density at radius 1 is 1.38 bits per heavy atom. The van der Waals surface area contributed by atoms with Crippen molar-refractivity contribution in [1.29, 1.82) is 0 Å². The summed E-state index contributed by atoms with van der Waals surface area (Å²) < 4.78 is 25.5. The average molecular weight is 187 g/mol. The van der Waals surface area contributed by atoms with Crippen molar-refractivity contribution in [3.05, 3.63) is 17.5 Å². The predicted octanol–water partition coefficient (Wildman–Crippen LogP) is 2.07. The lowest BCUT2D eigenvalue weighted by Gasteiger charge is -2.05. The van der Waals surface area contributed by atoms with Gasteiger partial charge in [-0.15, -0.1) is 0 Å². The fourth-order valence-corrected chi connectivity index (χ4v) is 1.36. The zero-order chi connectivity index (χ0) is 9.84. The van der Waals surface area contributed by atoms with Crippen molar-refractivity contribution in [1.82, 2.24) is 9.78 Å². The second kappa shape index (κ2) is 4.35. The fraction of sp³-hybridized carbons (Fsp3) is 0.667. The highest BCUT2D eigenvalue weighted by Crippen LogP contribution is 2.11. The van der Waals surface area contributed by atoms with Crippen LogP contribution in [0.5, 0.6) is 0 Å². The summed E-state index contributed by atoms with van der Waals surface area (Å²) in [5.41, 5.74) is 1.82. The molecule has 0 aliphatic heterocycles. The van der Waals surface area contributed by atoms with Gasteiger partial charge in [0.05, 0.1) is 0 Å². The van der Waals surface area contributed by atoms with Gasteiger partial charge in [-0.3, -0.25) is 4.68 Å². The van der Waals surface area contributed by atoms with E-state index in [1.807, 2.05) is 13.8 Å². The molecule has 0 fully saturated rings. The summed E-state index contributed by atoms with van der Waals surface area (Å²) >= 11 is 0. The van der Waals surface area contributed by atoms with E-state index in [0.29, 0.717) is 0 Å². The smallest absolute Gasteiger partial charge is 0.257 e. The second-order valence-corrected chi connectivity index (χ2v) is 2.82. The van der Waals surface area contributed by atoms with Crippen LogP contribution in [0.4, 0.5) is 8.78 Å². The van der Waals surface area contributed by atoms with Crippen LogP contribution >= 0.6 is 0 Å². The number of hydrogen-bond donors (Lipinski definition) is 0. The van der Waals surface area contributed by atoms with Crippen LogP contribution < -0.4 is 0 Å². The van der Waals surface area contributed by atoms with E-state index in [-0.39, 0.29) is 6.54 Å². The van der Waals surface area contributed by atoms with Crippen molar-refractivity contribution in [3.8, 4) is 0 Å². The minimum absolute atomic E-state index is 0.320. The Kier molecular flexibility index (Phi) is 3.39. The van der Waals surface area contributed by atoms with Gasteiger partial charge in [-0.2, -0.15) is 5.10 Å². The third-order valence-corrected chi connectivity index (χ3v) is 1.96. The molecule has 0 spiro atoms. The molecular formula is C9H13F2N2. The lowest BCUT2D eigenvalue weighted by molar-refractivity contribution is 0.120. The Hall–Kier alpha value is -0.930. The van der Waals surface area contributed by atoms with E-state index in [2.05, 4.69) is 11.3 Å². The largest absolute Gasteiger partial charge is 0.263 e. The van der Waals surface area contributed by atoms with Crippen molar-refractivity contribution in [2.45, 2.75) is 39.7 Å². The Balaban J connectivity index is 2.87. The van der Waals surface area contributed by atoms with Crippen LogP contribution in [0.2, 0.25) is 0 Å². The molecule has 4 heteroatoms. The van der Waals surface area contributed by atoms with Crippen LogP contribution in [0.25, 0.3) is 0 Å². The molecule has 0 aromatic carbocycles. The molecule has 0 aliphatic carbocycles. The number of nitrogens with zero attached hydrogens (tertiary/aromatic N) is 2. The average Bonchev–Trinajstić information content (AvgIpc) is 2.45. The zero-order valence-electron chi connectivity index (χ0n) is 7.85. The summed E-state index contributed by atoms with van der Waals surface area (Å²) in [5, 5.41) is 3.81. The molecule has 73 valence electrons. The summed E-state index contributed by atoms with van der Waals surface area (Å²) in [6.07, 6.45) is 1.94. The van der Waals surface area contributed by atoms with Crippen molar-refractivity contribution in [3.63, 3.8) is 0 Å². The highest BCUT2D eigenvalue weighted by molar-refractivity contribution is 5.16. The predicted molar refractivity (Wildman–Crippen MR) is 45.8 cm³/mol. The molecule has 1 aromatic heterocycles. The van der Waals surface area contributed by atoms with Crippen LogP contribution in [0.1, 0.15) is 25.1 Å². The molecule has 0 amide bonds. The van der Waals surface area contributed by atoms with E-state index < -0.39 is 6.43 Å². The van der Waals surface area contributed by atoms with Gasteiger partial charge in [-0.25, -0.2) is 8.78 Å². The molecule has 13 heavy (non-hydrogen) atoms. The Labute approximate surface area is 76.6 Å². The number of rotatable bonds is 4. The quantitative estimate of drug-likeness (QED) is 0.705. The van der Waals surface area contributed by atoms with Crippen LogP contribution in [0.3, 0.4) is 0 Å². The molecule has 0 atom stereocenters.